The van der Waals surface area contributed by atoms with E-state index >= 15 is 0 Å². The van der Waals surface area contributed by atoms with Crippen LogP contribution in [0, 0.1) is 0 Å². The number of rotatable bonds is 9. The molecule has 0 aliphatic heterocycles. The lowest BCUT2D eigenvalue weighted by atomic mass is 10.1. The number of methoxy groups -OCH3 is 1. The molecule has 0 fully saturated rings. The van der Waals surface area contributed by atoms with Crippen molar-refractivity contribution in [2.45, 2.75) is 25.9 Å². The largest absolute Gasteiger partial charge is 0.573 e. The minimum Gasteiger partial charge on any atom is -0.406 e. The first-order valence-corrected chi connectivity index (χ1v) is 10.4. The fourth-order valence-corrected chi connectivity index (χ4v) is 3.38. The second kappa shape index (κ2) is 10.9. The number of amides is 1. The SMILES string of the molecule is COCCn1c(N)c(N(Cc2ccccc2)C(=O)Cc2ccc(OC(F)(F)F)cc2)c(=O)[nH]c1=O. The van der Waals surface area contributed by atoms with Crippen molar-refractivity contribution in [3.63, 3.8) is 0 Å². The normalized spacial score (nSPS) is 11.3. The zero-order valence-corrected chi connectivity index (χ0v) is 18.7. The highest BCUT2D eigenvalue weighted by molar-refractivity contribution is 5.96. The number of benzene rings is 2. The number of aromatic amines is 1. The van der Waals surface area contributed by atoms with Crippen LogP contribution in [-0.2, 0) is 29.0 Å². The summed E-state index contributed by atoms with van der Waals surface area (Å²) in [6.45, 7) is 0.137. The summed E-state index contributed by atoms with van der Waals surface area (Å²) in [5.41, 5.74) is 5.41. The zero-order chi connectivity index (χ0) is 25.6. The molecular weight excluding hydrogens is 469 g/mol. The van der Waals surface area contributed by atoms with Gasteiger partial charge in [-0.2, -0.15) is 0 Å². The Balaban J connectivity index is 1.97. The number of nitrogens with zero attached hydrogens (tertiary/aromatic N) is 2. The number of alkyl halides is 3. The number of H-pyrrole nitrogens is 1. The van der Waals surface area contributed by atoms with Gasteiger partial charge in [0.25, 0.3) is 5.56 Å². The number of nitrogen functional groups attached to an aromatic ring is 1. The van der Waals surface area contributed by atoms with Gasteiger partial charge in [0.1, 0.15) is 11.6 Å². The molecule has 0 aliphatic carbocycles. The van der Waals surface area contributed by atoms with E-state index in [2.05, 4.69) is 9.72 Å². The number of nitrogens with two attached hydrogens (primary N) is 1. The maximum atomic E-state index is 13.3. The summed E-state index contributed by atoms with van der Waals surface area (Å²) in [6.07, 6.45) is -5.09. The van der Waals surface area contributed by atoms with Crippen LogP contribution in [0.2, 0.25) is 0 Å². The van der Waals surface area contributed by atoms with Gasteiger partial charge in [-0.05, 0) is 23.3 Å². The highest BCUT2D eigenvalue weighted by Crippen LogP contribution is 2.24. The van der Waals surface area contributed by atoms with Gasteiger partial charge >= 0.3 is 12.1 Å². The van der Waals surface area contributed by atoms with E-state index in [0.29, 0.717) is 11.1 Å². The van der Waals surface area contributed by atoms with E-state index in [1.807, 2.05) is 0 Å². The molecule has 0 atom stereocenters. The predicted octanol–water partition coefficient (Wildman–Crippen LogP) is 2.44. The van der Waals surface area contributed by atoms with E-state index in [9.17, 15) is 27.6 Å². The summed E-state index contributed by atoms with van der Waals surface area (Å²) < 4.78 is 47.1. The average Bonchev–Trinajstić information content (AvgIpc) is 2.79. The molecule has 3 rings (SSSR count). The lowest BCUT2D eigenvalue weighted by Crippen LogP contribution is -2.41. The standard InChI is InChI=1S/C23H23F3N4O5/c1-34-12-11-29-20(27)19(21(32)28-22(29)33)30(14-16-5-3-2-4-6-16)18(31)13-15-7-9-17(10-8-15)35-23(24,25)26/h2-10H,11-14,27H2,1H3,(H,28,32,33). The highest BCUT2D eigenvalue weighted by Gasteiger charge is 2.31. The van der Waals surface area contributed by atoms with Gasteiger partial charge in [0, 0.05) is 7.11 Å². The van der Waals surface area contributed by atoms with Crippen LogP contribution >= 0.6 is 0 Å². The second-order valence-electron chi connectivity index (χ2n) is 7.47. The zero-order valence-electron chi connectivity index (χ0n) is 18.7. The Labute approximate surface area is 197 Å². The molecule has 0 unspecified atom stereocenters. The number of nitrogens with one attached hydrogen (secondary N) is 1. The van der Waals surface area contributed by atoms with Gasteiger partial charge in [-0.15, -0.1) is 13.2 Å². The number of carbonyl (C=O) groups is 1. The Kier molecular flexibility index (Phi) is 7.97. The average molecular weight is 492 g/mol. The summed E-state index contributed by atoms with van der Waals surface area (Å²) in [5.74, 6) is -1.21. The van der Waals surface area contributed by atoms with Crippen LogP contribution in [0.1, 0.15) is 11.1 Å². The van der Waals surface area contributed by atoms with Gasteiger partial charge in [-0.3, -0.25) is 24.0 Å². The fraction of sp³-hybridized carbons (Fsp3) is 0.261. The third-order valence-electron chi connectivity index (χ3n) is 5.00. The van der Waals surface area contributed by atoms with Crippen molar-refractivity contribution in [1.29, 1.82) is 0 Å². The minimum atomic E-state index is -4.84. The molecule has 0 saturated heterocycles. The maximum Gasteiger partial charge on any atom is 0.573 e. The molecule has 9 nitrogen and oxygen atoms in total. The van der Waals surface area contributed by atoms with Crippen molar-refractivity contribution < 1.29 is 27.4 Å². The molecule has 1 heterocycles. The molecule has 0 bridgehead atoms. The summed E-state index contributed by atoms with van der Waals surface area (Å²) >= 11 is 0. The molecule has 35 heavy (non-hydrogen) atoms. The molecule has 0 radical (unpaired) electrons. The molecule has 0 spiro atoms. The predicted molar refractivity (Wildman–Crippen MR) is 122 cm³/mol. The lowest BCUT2D eigenvalue weighted by Gasteiger charge is -2.25. The Hall–Kier alpha value is -4.06. The van der Waals surface area contributed by atoms with Crippen molar-refractivity contribution in [3.05, 3.63) is 86.6 Å². The van der Waals surface area contributed by atoms with Crippen LogP contribution in [-0.4, -0.2) is 35.5 Å². The molecule has 186 valence electrons. The van der Waals surface area contributed by atoms with E-state index < -0.39 is 29.3 Å². The van der Waals surface area contributed by atoms with E-state index in [1.54, 1.807) is 30.3 Å². The van der Waals surface area contributed by atoms with E-state index in [0.717, 1.165) is 21.6 Å². The van der Waals surface area contributed by atoms with Crippen LogP contribution in [0.15, 0.2) is 64.2 Å². The van der Waals surface area contributed by atoms with E-state index in [-0.39, 0.29) is 37.6 Å². The summed E-state index contributed by atoms with van der Waals surface area (Å²) in [5, 5.41) is 0. The minimum absolute atomic E-state index is 0.0370. The van der Waals surface area contributed by atoms with Crippen LogP contribution in [0.3, 0.4) is 0 Å². The molecule has 0 saturated carbocycles. The van der Waals surface area contributed by atoms with E-state index in [1.165, 1.54) is 19.2 Å². The van der Waals surface area contributed by atoms with Crippen molar-refractivity contribution in [3.8, 4) is 5.75 Å². The molecule has 2 aromatic carbocycles. The summed E-state index contributed by atoms with van der Waals surface area (Å²) in [4.78, 5) is 41.7. The van der Waals surface area contributed by atoms with Crippen LogP contribution in [0.25, 0.3) is 0 Å². The molecule has 3 aromatic rings. The van der Waals surface area contributed by atoms with Crippen LogP contribution in [0.5, 0.6) is 5.75 Å². The first kappa shape index (κ1) is 25.6. The van der Waals surface area contributed by atoms with Crippen LogP contribution < -0.4 is 26.6 Å². The van der Waals surface area contributed by atoms with Gasteiger partial charge in [0.05, 0.1) is 26.1 Å². The van der Waals surface area contributed by atoms with Crippen molar-refractivity contribution in [2.75, 3.05) is 24.4 Å². The van der Waals surface area contributed by atoms with Crippen LogP contribution in [0.4, 0.5) is 24.7 Å². The summed E-state index contributed by atoms with van der Waals surface area (Å²) in [6, 6.07) is 13.6. The summed E-state index contributed by atoms with van der Waals surface area (Å²) in [7, 11) is 1.43. The highest BCUT2D eigenvalue weighted by atomic mass is 19.4. The smallest absolute Gasteiger partial charge is 0.406 e. The Morgan fingerprint density at radius 2 is 1.71 bits per heavy atom. The Morgan fingerprint density at radius 3 is 2.31 bits per heavy atom. The van der Waals surface area contributed by atoms with Gasteiger partial charge in [0.15, 0.2) is 5.69 Å². The van der Waals surface area contributed by atoms with Gasteiger partial charge < -0.3 is 15.2 Å². The first-order chi connectivity index (χ1) is 16.6. The number of ether oxygens (including phenoxy) is 2. The number of anilines is 2. The Morgan fingerprint density at radius 1 is 1.06 bits per heavy atom. The molecule has 12 heteroatoms. The first-order valence-electron chi connectivity index (χ1n) is 10.4. The second-order valence-corrected chi connectivity index (χ2v) is 7.47. The molecular formula is C23H23F3N4O5. The molecule has 1 aromatic heterocycles. The third-order valence-corrected chi connectivity index (χ3v) is 5.00. The quantitative estimate of drug-likeness (QED) is 0.474. The number of hydrogen-bond donors (Lipinski definition) is 2. The van der Waals surface area contributed by atoms with Gasteiger partial charge in [-0.1, -0.05) is 42.5 Å². The molecule has 3 N–H and O–H groups in total. The third kappa shape index (κ3) is 6.73. The van der Waals surface area contributed by atoms with Gasteiger partial charge in [-0.25, -0.2) is 4.79 Å². The maximum absolute atomic E-state index is 13.3. The lowest BCUT2D eigenvalue weighted by molar-refractivity contribution is -0.274. The molecule has 1 amide bonds. The van der Waals surface area contributed by atoms with E-state index in [4.69, 9.17) is 10.5 Å². The van der Waals surface area contributed by atoms with Crippen molar-refractivity contribution >= 4 is 17.4 Å². The Bertz CT molecular complexity index is 1270. The monoisotopic (exact) mass is 492 g/mol. The van der Waals surface area contributed by atoms with Gasteiger partial charge in [0.2, 0.25) is 5.91 Å². The van der Waals surface area contributed by atoms with Crippen molar-refractivity contribution in [1.82, 2.24) is 9.55 Å². The molecule has 0 aliphatic rings. The fourth-order valence-electron chi connectivity index (χ4n) is 3.38. The number of aromatic nitrogens is 2. The number of halogens is 3. The topological polar surface area (TPSA) is 120 Å². The number of carbonyl (C=O) groups excluding carboxylic acids is 1. The number of hydrogen-bond acceptors (Lipinski definition) is 6. The van der Waals surface area contributed by atoms with Crippen molar-refractivity contribution in [2.24, 2.45) is 0 Å².